The fraction of sp³-hybridized carbons (Fsp3) is 0.300. The topological polar surface area (TPSA) is 116 Å². The first kappa shape index (κ1) is 17.6. The van der Waals surface area contributed by atoms with Crippen molar-refractivity contribution in [3.63, 3.8) is 0 Å². The summed E-state index contributed by atoms with van der Waals surface area (Å²) < 4.78 is 30.4. The van der Waals surface area contributed by atoms with Crippen molar-refractivity contribution in [2.24, 2.45) is 0 Å². The van der Waals surface area contributed by atoms with Gasteiger partial charge in [0.1, 0.15) is 21.5 Å². The summed E-state index contributed by atoms with van der Waals surface area (Å²) in [5.74, 6) is -0.791. The molecule has 0 aliphatic rings. The van der Waals surface area contributed by atoms with Crippen molar-refractivity contribution in [1.29, 1.82) is 0 Å². The van der Waals surface area contributed by atoms with E-state index in [1.807, 2.05) is 4.72 Å². The number of halogens is 2. The van der Waals surface area contributed by atoms with Crippen LogP contribution < -0.4 is 4.72 Å². The Kier molecular flexibility index (Phi) is 5.90. The summed E-state index contributed by atoms with van der Waals surface area (Å²) in [4.78, 5) is 20.5. The van der Waals surface area contributed by atoms with Gasteiger partial charge in [0.2, 0.25) is 10.0 Å². The molecule has 0 aliphatic carbocycles. The number of carbonyl (C=O) groups excluding carboxylic acids is 1. The van der Waals surface area contributed by atoms with E-state index in [4.69, 9.17) is 23.2 Å². The number of nitro groups is 1. The van der Waals surface area contributed by atoms with Crippen molar-refractivity contribution in [3.8, 4) is 0 Å². The van der Waals surface area contributed by atoms with E-state index in [2.05, 4.69) is 4.74 Å². The second kappa shape index (κ2) is 7.03. The van der Waals surface area contributed by atoms with Crippen LogP contribution in [0, 0.1) is 10.1 Å². The molecule has 0 saturated heterocycles. The lowest BCUT2D eigenvalue weighted by molar-refractivity contribution is -0.384. The van der Waals surface area contributed by atoms with Crippen molar-refractivity contribution < 1.29 is 22.9 Å². The van der Waals surface area contributed by atoms with E-state index in [0.717, 1.165) is 12.1 Å². The first-order valence-corrected chi connectivity index (χ1v) is 7.72. The number of benzene rings is 1. The number of ether oxygens (including phenoxy) is 1. The summed E-state index contributed by atoms with van der Waals surface area (Å²) >= 11 is 11.3. The SMILES string of the molecule is CCOC(=O)CNS(=O)(=O)c1ccc(Cl)c([N+](=O)[O-])c1Cl. The highest BCUT2D eigenvalue weighted by Crippen LogP contribution is 2.36. The lowest BCUT2D eigenvalue weighted by Crippen LogP contribution is -2.31. The van der Waals surface area contributed by atoms with Crippen LogP contribution in [-0.2, 0) is 19.6 Å². The number of hydrogen-bond acceptors (Lipinski definition) is 6. The molecule has 0 spiro atoms. The second-order valence-corrected chi connectivity index (χ2v) is 6.12. The lowest BCUT2D eigenvalue weighted by atomic mass is 10.3. The van der Waals surface area contributed by atoms with Crippen LogP contribution in [-0.4, -0.2) is 32.5 Å². The minimum absolute atomic E-state index is 0.0910. The number of nitrogens with one attached hydrogen (secondary N) is 1. The summed E-state index contributed by atoms with van der Waals surface area (Å²) in [5, 5.41) is 9.89. The summed E-state index contributed by atoms with van der Waals surface area (Å²) in [5.41, 5.74) is -0.725. The molecule has 0 atom stereocenters. The van der Waals surface area contributed by atoms with Crippen LogP contribution in [0.3, 0.4) is 0 Å². The van der Waals surface area contributed by atoms with Gasteiger partial charge in [-0.3, -0.25) is 14.9 Å². The van der Waals surface area contributed by atoms with E-state index in [1.54, 1.807) is 6.92 Å². The zero-order valence-corrected chi connectivity index (χ0v) is 13.0. The molecule has 1 N–H and O–H groups in total. The zero-order chi connectivity index (χ0) is 16.2. The predicted molar refractivity (Wildman–Crippen MR) is 74.9 cm³/mol. The Bertz CT molecular complexity index is 676. The first-order valence-electron chi connectivity index (χ1n) is 5.48. The molecular formula is C10H10Cl2N2O6S. The second-order valence-electron chi connectivity index (χ2n) is 3.59. The maximum absolute atomic E-state index is 12.0. The van der Waals surface area contributed by atoms with Gasteiger partial charge in [-0.2, -0.15) is 4.72 Å². The number of nitrogens with zero attached hydrogens (tertiary/aromatic N) is 1. The first-order chi connectivity index (χ1) is 9.70. The summed E-state index contributed by atoms with van der Waals surface area (Å²) in [6.45, 7) is 1.03. The smallest absolute Gasteiger partial charge is 0.321 e. The van der Waals surface area contributed by atoms with Crippen LogP contribution in [0.1, 0.15) is 6.92 Å². The summed E-state index contributed by atoms with van der Waals surface area (Å²) in [6.07, 6.45) is 0. The molecule has 8 nitrogen and oxygen atoms in total. The van der Waals surface area contributed by atoms with E-state index < -0.39 is 43.1 Å². The highest BCUT2D eigenvalue weighted by Gasteiger charge is 2.28. The van der Waals surface area contributed by atoms with Gasteiger partial charge in [-0.25, -0.2) is 8.42 Å². The highest BCUT2D eigenvalue weighted by molar-refractivity contribution is 7.89. The predicted octanol–water partition coefficient (Wildman–Crippen LogP) is 1.74. The van der Waals surface area contributed by atoms with Gasteiger partial charge in [0.25, 0.3) is 0 Å². The Morgan fingerprint density at radius 2 is 2.05 bits per heavy atom. The van der Waals surface area contributed by atoms with Crippen LogP contribution >= 0.6 is 23.2 Å². The van der Waals surface area contributed by atoms with Crippen molar-refractivity contribution in [2.75, 3.05) is 13.2 Å². The summed E-state index contributed by atoms with van der Waals surface area (Å²) in [6, 6.07) is 2.04. The fourth-order valence-corrected chi connectivity index (χ4v) is 3.20. The molecule has 0 radical (unpaired) electrons. The van der Waals surface area contributed by atoms with E-state index in [9.17, 15) is 23.3 Å². The average Bonchev–Trinajstić information content (AvgIpc) is 2.36. The van der Waals surface area contributed by atoms with Gasteiger partial charge in [-0.15, -0.1) is 0 Å². The van der Waals surface area contributed by atoms with E-state index in [0.29, 0.717) is 0 Å². The van der Waals surface area contributed by atoms with Crippen molar-refractivity contribution in [2.45, 2.75) is 11.8 Å². The third-order valence-electron chi connectivity index (χ3n) is 2.22. The normalized spacial score (nSPS) is 11.2. The molecule has 0 saturated carbocycles. The standard InChI is InChI=1S/C10H10Cl2N2O6S/c1-2-20-8(15)5-13-21(18,19)7-4-3-6(11)10(9(7)12)14(16)17/h3-4,13H,2,5H2,1H3. The molecule has 116 valence electrons. The third-order valence-corrected chi connectivity index (χ3v) is 4.46. The Labute approximate surface area is 130 Å². The molecule has 0 aromatic heterocycles. The van der Waals surface area contributed by atoms with Crippen LogP contribution in [0.2, 0.25) is 10.0 Å². The number of sulfonamides is 1. The highest BCUT2D eigenvalue weighted by atomic mass is 35.5. The molecule has 21 heavy (non-hydrogen) atoms. The molecule has 0 heterocycles. The zero-order valence-electron chi connectivity index (χ0n) is 10.6. The van der Waals surface area contributed by atoms with Gasteiger partial charge in [0.05, 0.1) is 11.5 Å². The van der Waals surface area contributed by atoms with E-state index in [-0.39, 0.29) is 11.6 Å². The quantitative estimate of drug-likeness (QED) is 0.471. The largest absolute Gasteiger partial charge is 0.465 e. The number of nitro benzene ring substituents is 1. The van der Waals surface area contributed by atoms with Crippen molar-refractivity contribution >= 4 is 44.9 Å². The fourth-order valence-electron chi connectivity index (χ4n) is 1.34. The molecule has 0 bridgehead atoms. The van der Waals surface area contributed by atoms with Gasteiger partial charge in [0.15, 0.2) is 0 Å². The molecule has 1 aromatic rings. The van der Waals surface area contributed by atoms with Gasteiger partial charge in [-0.1, -0.05) is 23.2 Å². The minimum Gasteiger partial charge on any atom is -0.465 e. The summed E-state index contributed by atoms with van der Waals surface area (Å²) in [7, 11) is -4.22. The monoisotopic (exact) mass is 356 g/mol. The lowest BCUT2D eigenvalue weighted by Gasteiger charge is -2.08. The maximum Gasteiger partial charge on any atom is 0.321 e. The molecule has 1 rings (SSSR count). The Morgan fingerprint density at radius 3 is 2.57 bits per heavy atom. The van der Waals surface area contributed by atoms with Gasteiger partial charge >= 0.3 is 11.7 Å². The van der Waals surface area contributed by atoms with Gasteiger partial charge < -0.3 is 4.74 Å². The van der Waals surface area contributed by atoms with Crippen LogP contribution in [0.15, 0.2) is 17.0 Å². The third kappa shape index (κ3) is 4.27. The number of hydrogen-bond donors (Lipinski definition) is 1. The molecule has 0 fully saturated rings. The Hall–Kier alpha value is -1.42. The van der Waals surface area contributed by atoms with Crippen LogP contribution in [0.5, 0.6) is 0 Å². The molecule has 0 unspecified atom stereocenters. The molecule has 1 aromatic carbocycles. The molecule has 11 heteroatoms. The van der Waals surface area contributed by atoms with E-state index >= 15 is 0 Å². The van der Waals surface area contributed by atoms with Crippen molar-refractivity contribution in [1.82, 2.24) is 4.72 Å². The number of rotatable bonds is 6. The van der Waals surface area contributed by atoms with Gasteiger partial charge in [-0.05, 0) is 19.1 Å². The molecular weight excluding hydrogens is 347 g/mol. The van der Waals surface area contributed by atoms with E-state index in [1.165, 1.54) is 0 Å². The molecule has 0 aliphatic heterocycles. The Morgan fingerprint density at radius 1 is 1.43 bits per heavy atom. The molecule has 0 amide bonds. The number of carbonyl (C=O) groups is 1. The number of esters is 1. The van der Waals surface area contributed by atoms with Gasteiger partial charge in [0, 0.05) is 0 Å². The van der Waals surface area contributed by atoms with Crippen LogP contribution in [0.25, 0.3) is 0 Å². The average molecular weight is 357 g/mol. The van der Waals surface area contributed by atoms with Crippen molar-refractivity contribution in [3.05, 3.63) is 32.3 Å². The maximum atomic E-state index is 12.0. The van der Waals surface area contributed by atoms with Crippen LogP contribution in [0.4, 0.5) is 5.69 Å². The minimum atomic E-state index is -4.22. The Balaban J connectivity index is 3.13.